The molecule has 0 bridgehead atoms. The van der Waals surface area contributed by atoms with Gasteiger partial charge >= 0.3 is 0 Å². The highest BCUT2D eigenvalue weighted by Gasteiger charge is 2.15. The molecule has 0 radical (unpaired) electrons. The SMILES string of the molecule is Fc1ccccc1CCNc1ccnc(NC2CCCC2)n1. The maximum Gasteiger partial charge on any atom is 0.224 e. The van der Waals surface area contributed by atoms with E-state index in [4.69, 9.17) is 0 Å². The van der Waals surface area contributed by atoms with Crippen LogP contribution in [0.25, 0.3) is 0 Å². The predicted molar refractivity (Wildman–Crippen MR) is 86.5 cm³/mol. The lowest BCUT2D eigenvalue weighted by Gasteiger charge is -2.12. The van der Waals surface area contributed by atoms with Gasteiger partial charge in [0, 0.05) is 18.8 Å². The summed E-state index contributed by atoms with van der Waals surface area (Å²) >= 11 is 0. The zero-order valence-corrected chi connectivity index (χ0v) is 12.6. The fourth-order valence-electron chi connectivity index (χ4n) is 2.81. The molecule has 3 rings (SSSR count). The fourth-order valence-corrected chi connectivity index (χ4v) is 2.81. The van der Waals surface area contributed by atoms with Crippen LogP contribution >= 0.6 is 0 Å². The van der Waals surface area contributed by atoms with Gasteiger partial charge in [-0.1, -0.05) is 31.0 Å². The van der Waals surface area contributed by atoms with Crippen LogP contribution in [-0.4, -0.2) is 22.6 Å². The van der Waals surface area contributed by atoms with Gasteiger partial charge in [-0.2, -0.15) is 4.98 Å². The Kier molecular flexibility index (Phi) is 4.83. The summed E-state index contributed by atoms with van der Waals surface area (Å²) in [6.45, 7) is 0.640. The van der Waals surface area contributed by atoms with Crippen LogP contribution in [0.15, 0.2) is 36.5 Å². The number of anilines is 2. The molecule has 1 aromatic heterocycles. The Morgan fingerprint density at radius 2 is 1.95 bits per heavy atom. The summed E-state index contributed by atoms with van der Waals surface area (Å²) in [4.78, 5) is 8.72. The highest BCUT2D eigenvalue weighted by Crippen LogP contribution is 2.21. The number of aromatic nitrogens is 2. The van der Waals surface area contributed by atoms with E-state index in [1.807, 2.05) is 18.2 Å². The number of nitrogens with one attached hydrogen (secondary N) is 2. The van der Waals surface area contributed by atoms with Gasteiger partial charge in [0.05, 0.1) is 0 Å². The van der Waals surface area contributed by atoms with E-state index in [0.717, 1.165) is 5.82 Å². The second kappa shape index (κ2) is 7.20. The van der Waals surface area contributed by atoms with Gasteiger partial charge in [0.25, 0.3) is 0 Å². The molecule has 0 aliphatic heterocycles. The zero-order chi connectivity index (χ0) is 15.2. The third-order valence-corrected chi connectivity index (χ3v) is 4.00. The molecule has 1 aliphatic rings. The third kappa shape index (κ3) is 3.93. The smallest absolute Gasteiger partial charge is 0.224 e. The summed E-state index contributed by atoms with van der Waals surface area (Å²) in [6, 6.07) is 9.19. The molecule has 2 aromatic rings. The number of benzene rings is 1. The maximum absolute atomic E-state index is 13.5. The molecule has 0 unspecified atom stereocenters. The first kappa shape index (κ1) is 14.8. The monoisotopic (exact) mass is 300 g/mol. The molecule has 0 amide bonds. The van der Waals surface area contributed by atoms with Crippen molar-refractivity contribution >= 4 is 11.8 Å². The minimum absolute atomic E-state index is 0.157. The fraction of sp³-hybridized carbons (Fsp3) is 0.412. The van der Waals surface area contributed by atoms with Gasteiger partial charge in [-0.15, -0.1) is 0 Å². The molecule has 22 heavy (non-hydrogen) atoms. The topological polar surface area (TPSA) is 49.8 Å². The van der Waals surface area contributed by atoms with Gasteiger partial charge in [-0.25, -0.2) is 9.37 Å². The van der Waals surface area contributed by atoms with Crippen molar-refractivity contribution in [3.63, 3.8) is 0 Å². The maximum atomic E-state index is 13.5. The van der Waals surface area contributed by atoms with Crippen molar-refractivity contribution in [1.82, 2.24) is 9.97 Å². The largest absolute Gasteiger partial charge is 0.370 e. The summed E-state index contributed by atoms with van der Waals surface area (Å²) in [5.41, 5.74) is 0.716. The van der Waals surface area contributed by atoms with Crippen LogP contribution in [0.1, 0.15) is 31.2 Å². The van der Waals surface area contributed by atoms with Crippen molar-refractivity contribution in [2.45, 2.75) is 38.1 Å². The summed E-state index contributed by atoms with van der Waals surface area (Å²) in [5.74, 6) is 1.28. The van der Waals surface area contributed by atoms with Gasteiger partial charge < -0.3 is 10.6 Å². The molecule has 1 fully saturated rings. The normalized spacial score (nSPS) is 15.0. The van der Waals surface area contributed by atoms with Crippen molar-refractivity contribution in [2.75, 3.05) is 17.2 Å². The highest BCUT2D eigenvalue weighted by atomic mass is 19.1. The van der Waals surface area contributed by atoms with Gasteiger partial charge in [-0.3, -0.25) is 0 Å². The summed E-state index contributed by atoms with van der Waals surface area (Å²) in [6.07, 6.45) is 7.30. The van der Waals surface area contributed by atoms with Crippen LogP contribution in [-0.2, 0) is 6.42 Å². The molecule has 0 spiro atoms. The van der Waals surface area contributed by atoms with Crippen molar-refractivity contribution in [3.05, 3.63) is 47.9 Å². The van der Waals surface area contributed by atoms with E-state index < -0.39 is 0 Å². The van der Waals surface area contributed by atoms with E-state index in [1.165, 1.54) is 31.7 Å². The first-order valence-electron chi connectivity index (χ1n) is 7.88. The Bertz CT molecular complexity index is 611. The summed E-state index contributed by atoms with van der Waals surface area (Å²) in [5, 5.41) is 6.60. The average Bonchev–Trinajstić information content (AvgIpc) is 3.03. The summed E-state index contributed by atoms with van der Waals surface area (Å²) < 4.78 is 13.5. The Labute approximate surface area is 130 Å². The zero-order valence-electron chi connectivity index (χ0n) is 12.6. The first-order chi connectivity index (χ1) is 10.8. The van der Waals surface area contributed by atoms with E-state index in [0.29, 0.717) is 30.5 Å². The molecular formula is C17H21FN4. The molecule has 1 heterocycles. The van der Waals surface area contributed by atoms with Gasteiger partial charge in [0.15, 0.2) is 0 Å². The number of hydrogen-bond acceptors (Lipinski definition) is 4. The van der Waals surface area contributed by atoms with Crippen molar-refractivity contribution in [3.8, 4) is 0 Å². The minimum Gasteiger partial charge on any atom is -0.370 e. The van der Waals surface area contributed by atoms with Crippen LogP contribution in [0.5, 0.6) is 0 Å². The van der Waals surface area contributed by atoms with E-state index in [1.54, 1.807) is 12.3 Å². The highest BCUT2D eigenvalue weighted by molar-refractivity contribution is 5.40. The number of nitrogens with zero attached hydrogens (tertiary/aromatic N) is 2. The van der Waals surface area contributed by atoms with Gasteiger partial charge in [0.1, 0.15) is 11.6 Å². The molecule has 1 aromatic carbocycles. The molecule has 1 saturated carbocycles. The second-order valence-corrected chi connectivity index (χ2v) is 5.66. The number of rotatable bonds is 6. The molecule has 116 valence electrons. The van der Waals surface area contributed by atoms with Crippen molar-refractivity contribution < 1.29 is 4.39 Å². The lowest BCUT2D eigenvalue weighted by Crippen LogP contribution is -2.17. The Balaban J connectivity index is 1.53. The molecule has 4 nitrogen and oxygen atoms in total. The summed E-state index contributed by atoms with van der Waals surface area (Å²) in [7, 11) is 0. The third-order valence-electron chi connectivity index (χ3n) is 4.00. The van der Waals surface area contributed by atoms with Gasteiger partial charge in [-0.05, 0) is 37.0 Å². The average molecular weight is 300 g/mol. The molecular weight excluding hydrogens is 279 g/mol. The van der Waals surface area contributed by atoms with E-state index in [-0.39, 0.29) is 5.82 Å². The Morgan fingerprint density at radius 3 is 2.77 bits per heavy atom. The van der Waals surface area contributed by atoms with Crippen molar-refractivity contribution in [1.29, 1.82) is 0 Å². The molecule has 5 heteroatoms. The van der Waals surface area contributed by atoms with E-state index >= 15 is 0 Å². The van der Waals surface area contributed by atoms with Crippen LogP contribution in [0, 0.1) is 5.82 Å². The molecule has 0 saturated heterocycles. The quantitative estimate of drug-likeness (QED) is 0.855. The van der Waals surface area contributed by atoms with Crippen molar-refractivity contribution in [2.24, 2.45) is 0 Å². The molecule has 1 aliphatic carbocycles. The van der Waals surface area contributed by atoms with E-state index in [9.17, 15) is 4.39 Å². The standard InChI is InChI=1S/C17H21FN4/c18-15-8-4-1-5-13(15)9-11-19-16-10-12-20-17(22-16)21-14-6-2-3-7-14/h1,4-5,8,10,12,14H,2-3,6-7,9,11H2,(H2,19,20,21,22). The molecule has 2 N–H and O–H groups in total. The second-order valence-electron chi connectivity index (χ2n) is 5.66. The molecule has 0 atom stereocenters. The van der Waals surface area contributed by atoms with Crippen LogP contribution < -0.4 is 10.6 Å². The first-order valence-corrected chi connectivity index (χ1v) is 7.88. The minimum atomic E-state index is -0.157. The predicted octanol–water partition coefficient (Wildman–Crippen LogP) is 3.62. The Morgan fingerprint density at radius 1 is 1.14 bits per heavy atom. The number of hydrogen-bond donors (Lipinski definition) is 2. The van der Waals surface area contributed by atoms with E-state index in [2.05, 4.69) is 20.6 Å². The van der Waals surface area contributed by atoms with Crippen LogP contribution in [0.3, 0.4) is 0 Å². The lowest BCUT2D eigenvalue weighted by atomic mass is 10.1. The van der Waals surface area contributed by atoms with Crippen LogP contribution in [0.2, 0.25) is 0 Å². The Hall–Kier alpha value is -2.17. The number of halogens is 1. The lowest BCUT2D eigenvalue weighted by molar-refractivity contribution is 0.610. The van der Waals surface area contributed by atoms with Crippen LogP contribution in [0.4, 0.5) is 16.2 Å². The van der Waals surface area contributed by atoms with Gasteiger partial charge in [0.2, 0.25) is 5.95 Å².